The number of anilines is 2. The van der Waals surface area contributed by atoms with E-state index in [4.69, 9.17) is 0 Å². The molecule has 29 heavy (non-hydrogen) atoms. The van der Waals surface area contributed by atoms with Gasteiger partial charge in [-0.05, 0) is 36.2 Å². The number of nitrogens with zero attached hydrogens (tertiary/aromatic N) is 4. The second-order valence-electron chi connectivity index (χ2n) is 7.70. The van der Waals surface area contributed by atoms with Crippen LogP contribution in [0.4, 0.5) is 15.8 Å². The average molecular weight is 394 g/mol. The number of aromatic nitrogens is 2. The van der Waals surface area contributed by atoms with Crippen LogP contribution in [-0.4, -0.2) is 29.1 Å². The molecule has 1 aromatic heterocycles. The maximum Gasteiger partial charge on any atom is 0.261 e. The first kappa shape index (κ1) is 20.6. The van der Waals surface area contributed by atoms with Crippen LogP contribution in [0.5, 0.6) is 0 Å². The lowest BCUT2D eigenvalue weighted by atomic mass is 10.1. The SMILES string of the molecule is CC(C)CN(C(=O)c1ccccc1F)c1cccc(N(C)Cc2cn(C)cn2)c1. The van der Waals surface area contributed by atoms with E-state index < -0.39 is 5.82 Å². The highest BCUT2D eigenvalue weighted by Crippen LogP contribution is 2.26. The van der Waals surface area contributed by atoms with Gasteiger partial charge in [0, 0.05) is 38.2 Å². The van der Waals surface area contributed by atoms with Crippen molar-refractivity contribution >= 4 is 17.3 Å². The molecule has 0 N–H and O–H groups in total. The van der Waals surface area contributed by atoms with Crippen molar-refractivity contribution in [3.8, 4) is 0 Å². The highest BCUT2D eigenvalue weighted by atomic mass is 19.1. The van der Waals surface area contributed by atoms with Gasteiger partial charge in [-0.2, -0.15) is 0 Å². The monoisotopic (exact) mass is 394 g/mol. The normalized spacial score (nSPS) is 11.0. The minimum atomic E-state index is -0.505. The number of halogens is 1. The summed E-state index contributed by atoms with van der Waals surface area (Å²) in [4.78, 5) is 21.2. The standard InChI is InChI=1S/C23H27FN4O/c1-17(2)13-28(23(29)21-10-5-6-11-22(21)24)20-9-7-8-19(12-20)27(4)15-18-14-26(3)16-25-18/h5-12,14,16-17H,13,15H2,1-4H3. The molecular formula is C23H27FN4O. The van der Waals surface area contributed by atoms with Crippen LogP contribution in [0.25, 0.3) is 0 Å². The fraction of sp³-hybridized carbons (Fsp3) is 0.304. The van der Waals surface area contributed by atoms with Gasteiger partial charge < -0.3 is 14.4 Å². The summed E-state index contributed by atoms with van der Waals surface area (Å²) in [7, 11) is 3.93. The maximum absolute atomic E-state index is 14.2. The lowest BCUT2D eigenvalue weighted by molar-refractivity contribution is 0.0980. The molecule has 0 bridgehead atoms. The van der Waals surface area contributed by atoms with E-state index >= 15 is 0 Å². The number of imidazole rings is 1. The molecule has 0 aliphatic carbocycles. The molecule has 5 nitrogen and oxygen atoms in total. The fourth-order valence-corrected chi connectivity index (χ4v) is 3.23. The summed E-state index contributed by atoms with van der Waals surface area (Å²) in [6.45, 7) is 5.23. The number of carbonyl (C=O) groups is 1. The Hall–Kier alpha value is -3.15. The third-order valence-corrected chi connectivity index (χ3v) is 4.64. The number of hydrogen-bond acceptors (Lipinski definition) is 3. The molecule has 3 rings (SSSR count). The Labute approximate surface area is 171 Å². The number of carbonyl (C=O) groups excluding carboxylic acids is 1. The summed E-state index contributed by atoms with van der Waals surface area (Å²) in [6.07, 6.45) is 3.75. The zero-order valence-corrected chi connectivity index (χ0v) is 17.3. The largest absolute Gasteiger partial charge is 0.369 e. The van der Waals surface area contributed by atoms with Gasteiger partial charge in [-0.15, -0.1) is 0 Å². The van der Waals surface area contributed by atoms with Gasteiger partial charge in [0.1, 0.15) is 5.82 Å². The number of hydrogen-bond donors (Lipinski definition) is 0. The van der Waals surface area contributed by atoms with E-state index in [2.05, 4.69) is 9.88 Å². The van der Waals surface area contributed by atoms with Crippen LogP contribution in [0.3, 0.4) is 0 Å². The second-order valence-corrected chi connectivity index (χ2v) is 7.70. The van der Waals surface area contributed by atoms with Crippen molar-refractivity contribution in [1.29, 1.82) is 0 Å². The van der Waals surface area contributed by atoms with Crippen molar-refractivity contribution in [3.05, 3.63) is 78.1 Å². The predicted molar refractivity (Wildman–Crippen MR) is 115 cm³/mol. The summed E-state index contributed by atoms with van der Waals surface area (Å²) < 4.78 is 16.2. The summed E-state index contributed by atoms with van der Waals surface area (Å²) in [5, 5.41) is 0. The summed E-state index contributed by atoms with van der Waals surface area (Å²) in [5.74, 6) is -0.600. The molecule has 1 amide bonds. The summed E-state index contributed by atoms with van der Waals surface area (Å²) >= 11 is 0. The average Bonchev–Trinajstić information content (AvgIpc) is 3.10. The molecule has 0 saturated carbocycles. The van der Waals surface area contributed by atoms with Gasteiger partial charge in [0.2, 0.25) is 0 Å². The molecule has 0 radical (unpaired) electrons. The lowest BCUT2D eigenvalue weighted by Gasteiger charge is -2.27. The first-order chi connectivity index (χ1) is 13.8. The Morgan fingerprint density at radius 1 is 1.14 bits per heavy atom. The van der Waals surface area contributed by atoms with Gasteiger partial charge >= 0.3 is 0 Å². The molecule has 0 unspecified atom stereocenters. The van der Waals surface area contributed by atoms with Crippen LogP contribution < -0.4 is 9.80 Å². The van der Waals surface area contributed by atoms with Crippen LogP contribution in [0.15, 0.2) is 61.1 Å². The predicted octanol–water partition coefficient (Wildman–Crippen LogP) is 4.50. The number of amides is 1. The van der Waals surface area contributed by atoms with E-state index in [9.17, 15) is 9.18 Å². The van der Waals surface area contributed by atoms with E-state index in [1.54, 1.807) is 23.4 Å². The van der Waals surface area contributed by atoms with Gasteiger partial charge in [0.15, 0.2) is 0 Å². The Bertz CT molecular complexity index is 982. The van der Waals surface area contributed by atoms with E-state index in [1.165, 1.54) is 12.1 Å². The fourth-order valence-electron chi connectivity index (χ4n) is 3.23. The molecular weight excluding hydrogens is 367 g/mol. The molecule has 0 aliphatic heterocycles. The van der Waals surface area contributed by atoms with Gasteiger partial charge in [-0.1, -0.05) is 32.0 Å². The lowest BCUT2D eigenvalue weighted by Crippen LogP contribution is -2.35. The highest BCUT2D eigenvalue weighted by Gasteiger charge is 2.22. The Morgan fingerprint density at radius 2 is 1.86 bits per heavy atom. The minimum absolute atomic E-state index is 0.0837. The molecule has 0 spiro atoms. The van der Waals surface area contributed by atoms with Crippen molar-refractivity contribution < 1.29 is 9.18 Å². The highest BCUT2D eigenvalue weighted by molar-refractivity contribution is 6.06. The van der Waals surface area contributed by atoms with E-state index in [-0.39, 0.29) is 17.4 Å². The minimum Gasteiger partial charge on any atom is -0.369 e. The summed E-state index contributed by atoms with van der Waals surface area (Å²) in [5.41, 5.74) is 2.75. The first-order valence-electron chi connectivity index (χ1n) is 9.69. The van der Waals surface area contributed by atoms with Gasteiger partial charge in [-0.25, -0.2) is 9.37 Å². The number of benzene rings is 2. The Morgan fingerprint density at radius 3 is 2.52 bits per heavy atom. The molecule has 3 aromatic rings. The molecule has 2 aromatic carbocycles. The van der Waals surface area contributed by atoms with Crippen molar-refractivity contribution in [1.82, 2.24) is 9.55 Å². The second kappa shape index (κ2) is 8.90. The smallest absolute Gasteiger partial charge is 0.261 e. The molecule has 6 heteroatoms. The van der Waals surface area contributed by atoms with Crippen molar-refractivity contribution in [2.75, 3.05) is 23.4 Å². The third kappa shape index (κ3) is 5.02. The van der Waals surface area contributed by atoms with E-state index in [1.807, 2.05) is 63.0 Å². The van der Waals surface area contributed by atoms with E-state index in [0.717, 1.165) is 17.1 Å². The number of aryl methyl sites for hydroxylation is 1. The van der Waals surface area contributed by atoms with Crippen LogP contribution >= 0.6 is 0 Å². The first-order valence-corrected chi connectivity index (χ1v) is 9.69. The topological polar surface area (TPSA) is 41.4 Å². The Kier molecular flexibility index (Phi) is 6.32. The quantitative estimate of drug-likeness (QED) is 0.593. The molecule has 152 valence electrons. The van der Waals surface area contributed by atoms with Crippen LogP contribution in [0, 0.1) is 11.7 Å². The molecule has 0 aliphatic rings. The zero-order chi connectivity index (χ0) is 21.0. The summed E-state index contributed by atoms with van der Waals surface area (Å²) in [6, 6.07) is 13.9. The Balaban J connectivity index is 1.89. The third-order valence-electron chi connectivity index (χ3n) is 4.64. The van der Waals surface area contributed by atoms with Gasteiger partial charge in [0.25, 0.3) is 5.91 Å². The van der Waals surface area contributed by atoms with Crippen LogP contribution in [-0.2, 0) is 13.6 Å². The number of rotatable bonds is 7. The molecule has 0 atom stereocenters. The van der Waals surface area contributed by atoms with Gasteiger partial charge in [-0.3, -0.25) is 4.79 Å². The molecule has 1 heterocycles. The molecule has 0 saturated heterocycles. The zero-order valence-electron chi connectivity index (χ0n) is 17.3. The van der Waals surface area contributed by atoms with Crippen LogP contribution in [0.2, 0.25) is 0 Å². The van der Waals surface area contributed by atoms with Crippen molar-refractivity contribution in [2.45, 2.75) is 20.4 Å². The van der Waals surface area contributed by atoms with E-state index in [0.29, 0.717) is 13.1 Å². The molecule has 0 fully saturated rings. The van der Waals surface area contributed by atoms with Crippen LogP contribution in [0.1, 0.15) is 29.9 Å². The van der Waals surface area contributed by atoms with Gasteiger partial charge in [0.05, 0.1) is 24.1 Å². The maximum atomic E-state index is 14.2. The van der Waals surface area contributed by atoms with Crippen molar-refractivity contribution in [2.24, 2.45) is 13.0 Å². The van der Waals surface area contributed by atoms with Crippen molar-refractivity contribution in [3.63, 3.8) is 0 Å².